The Bertz CT molecular complexity index is 330. The van der Waals surface area contributed by atoms with Gasteiger partial charge < -0.3 is 15.7 Å². The quantitative estimate of drug-likeness (QED) is 0.788. The lowest BCUT2D eigenvalue weighted by Crippen LogP contribution is -2.53. The van der Waals surface area contributed by atoms with Crippen molar-refractivity contribution in [2.24, 2.45) is 17.1 Å². The van der Waals surface area contributed by atoms with Crippen molar-refractivity contribution >= 4 is 11.9 Å². The molecule has 0 radical (unpaired) electrons. The van der Waals surface area contributed by atoms with Gasteiger partial charge in [0.25, 0.3) is 0 Å². The van der Waals surface area contributed by atoms with Crippen LogP contribution in [0.2, 0.25) is 0 Å². The smallest absolute Gasteiger partial charge is 0.311 e. The Hall–Kier alpha value is -1.10. The number of likely N-dealkylation sites (tertiary alicyclic amines) is 1. The molecule has 0 aromatic heterocycles. The maximum absolute atomic E-state index is 12.2. The standard InChI is InChI=1S/C13H24N2O3/c1-9(2)7-10(14)11(16)15-6-4-5-13(3,8-15)12(17)18/h9-10H,4-8,14H2,1-3H3,(H,17,18). The van der Waals surface area contributed by atoms with Crippen LogP contribution in [0.1, 0.15) is 40.0 Å². The van der Waals surface area contributed by atoms with Crippen molar-refractivity contribution < 1.29 is 14.7 Å². The van der Waals surface area contributed by atoms with Gasteiger partial charge in [-0.3, -0.25) is 9.59 Å². The lowest BCUT2D eigenvalue weighted by atomic mass is 9.81. The molecule has 0 aliphatic carbocycles. The highest BCUT2D eigenvalue weighted by Crippen LogP contribution is 2.30. The third-order valence-corrected chi connectivity index (χ3v) is 3.57. The highest BCUT2D eigenvalue weighted by atomic mass is 16.4. The third-order valence-electron chi connectivity index (χ3n) is 3.57. The van der Waals surface area contributed by atoms with Gasteiger partial charge in [0.1, 0.15) is 0 Å². The van der Waals surface area contributed by atoms with Gasteiger partial charge in [-0.25, -0.2) is 0 Å². The number of nitrogens with zero attached hydrogens (tertiary/aromatic N) is 1. The first-order valence-electron chi connectivity index (χ1n) is 6.54. The predicted molar refractivity (Wildman–Crippen MR) is 69.0 cm³/mol. The van der Waals surface area contributed by atoms with Crippen LogP contribution in [0.4, 0.5) is 0 Å². The van der Waals surface area contributed by atoms with Crippen molar-refractivity contribution in [3.63, 3.8) is 0 Å². The molecule has 1 heterocycles. The van der Waals surface area contributed by atoms with E-state index in [0.717, 1.165) is 6.42 Å². The maximum atomic E-state index is 12.2. The van der Waals surface area contributed by atoms with Crippen molar-refractivity contribution in [2.75, 3.05) is 13.1 Å². The van der Waals surface area contributed by atoms with E-state index in [-0.39, 0.29) is 12.5 Å². The van der Waals surface area contributed by atoms with Gasteiger partial charge in [0.2, 0.25) is 5.91 Å². The number of carbonyl (C=O) groups is 2. The summed E-state index contributed by atoms with van der Waals surface area (Å²) in [5.74, 6) is -0.590. The van der Waals surface area contributed by atoms with Gasteiger partial charge in [-0.05, 0) is 32.1 Å². The van der Waals surface area contributed by atoms with Crippen molar-refractivity contribution in [3.8, 4) is 0 Å². The van der Waals surface area contributed by atoms with E-state index in [9.17, 15) is 14.7 Å². The summed E-state index contributed by atoms with van der Waals surface area (Å²) < 4.78 is 0. The first-order chi connectivity index (χ1) is 8.26. The van der Waals surface area contributed by atoms with Crippen LogP contribution in [0.15, 0.2) is 0 Å². The molecule has 0 saturated carbocycles. The number of aliphatic carboxylic acids is 1. The van der Waals surface area contributed by atoms with Crippen LogP contribution in [0.5, 0.6) is 0 Å². The molecule has 1 rings (SSSR count). The summed E-state index contributed by atoms with van der Waals surface area (Å²) in [4.78, 5) is 25.0. The molecule has 1 aliphatic heterocycles. The molecular formula is C13H24N2O3. The minimum atomic E-state index is -0.836. The highest BCUT2D eigenvalue weighted by molar-refractivity contribution is 5.83. The Morgan fingerprint density at radius 2 is 2.06 bits per heavy atom. The number of rotatable bonds is 4. The zero-order chi connectivity index (χ0) is 13.9. The second kappa shape index (κ2) is 5.69. The van der Waals surface area contributed by atoms with Crippen LogP contribution >= 0.6 is 0 Å². The fourth-order valence-corrected chi connectivity index (χ4v) is 2.45. The van der Waals surface area contributed by atoms with Gasteiger partial charge in [0.15, 0.2) is 0 Å². The number of amides is 1. The molecule has 2 unspecified atom stereocenters. The Morgan fingerprint density at radius 3 is 2.56 bits per heavy atom. The van der Waals surface area contributed by atoms with Crippen molar-refractivity contribution in [2.45, 2.75) is 46.1 Å². The van der Waals surface area contributed by atoms with E-state index < -0.39 is 17.4 Å². The van der Waals surface area contributed by atoms with E-state index in [0.29, 0.717) is 25.3 Å². The summed E-state index contributed by atoms with van der Waals surface area (Å²) in [6, 6.07) is -0.513. The van der Waals surface area contributed by atoms with Crippen molar-refractivity contribution in [1.29, 1.82) is 0 Å². The first-order valence-corrected chi connectivity index (χ1v) is 6.54. The average molecular weight is 256 g/mol. The lowest BCUT2D eigenvalue weighted by Gasteiger charge is -2.38. The van der Waals surface area contributed by atoms with Crippen LogP contribution in [0.25, 0.3) is 0 Å². The SMILES string of the molecule is CC(C)CC(N)C(=O)N1CCCC(C)(C(=O)O)C1. The zero-order valence-electron chi connectivity index (χ0n) is 11.5. The van der Waals surface area contributed by atoms with Gasteiger partial charge in [0, 0.05) is 13.1 Å². The number of carbonyl (C=O) groups excluding carboxylic acids is 1. The van der Waals surface area contributed by atoms with Crippen LogP contribution < -0.4 is 5.73 Å². The number of carboxylic acids is 1. The summed E-state index contributed by atoms with van der Waals surface area (Å²) in [7, 11) is 0. The Morgan fingerprint density at radius 1 is 1.44 bits per heavy atom. The lowest BCUT2D eigenvalue weighted by molar-refractivity contribution is -0.153. The largest absolute Gasteiger partial charge is 0.481 e. The highest BCUT2D eigenvalue weighted by Gasteiger charge is 2.40. The third kappa shape index (κ3) is 3.45. The maximum Gasteiger partial charge on any atom is 0.311 e. The zero-order valence-corrected chi connectivity index (χ0v) is 11.5. The summed E-state index contributed by atoms with van der Waals surface area (Å²) >= 11 is 0. The number of hydrogen-bond donors (Lipinski definition) is 2. The molecule has 1 fully saturated rings. The minimum Gasteiger partial charge on any atom is -0.481 e. The molecule has 1 saturated heterocycles. The minimum absolute atomic E-state index is 0.115. The molecule has 0 spiro atoms. The summed E-state index contributed by atoms with van der Waals surface area (Å²) in [5, 5.41) is 9.21. The molecule has 104 valence electrons. The summed E-state index contributed by atoms with van der Waals surface area (Å²) in [5.41, 5.74) is 5.05. The molecule has 5 heteroatoms. The van der Waals surface area contributed by atoms with Crippen LogP contribution in [-0.2, 0) is 9.59 Å². The van der Waals surface area contributed by atoms with Crippen LogP contribution in [0, 0.1) is 11.3 Å². The van der Waals surface area contributed by atoms with E-state index in [1.807, 2.05) is 13.8 Å². The Balaban J connectivity index is 2.66. The average Bonchev–Trinajstić information content (AvgIpc) is 2.27. The fourth-order valence-electron chi connectivity index (χ4n) is 2.45. The van der Waals surface area contributed by atoms with Gasteiger partial charge >= 0.3 is 5.97 Å². The van der Waals surface area contributed by atoms with E-state index >= 15 is 0 Å². The molecular weight excluding hydrogens is 232 g/mol. The predicted octanol–water partition coefficient (Wildman–Crippen LogP) is 1.07. The molecule has 2 atom stereocenters. The molecule has 1 amide bonds. The van der Waals surface area contributed by atoms with E-state index in [4.69, 9.17) is 5.73 Å². The monoisotopic (exact) mass is 256 g/mol. The Labute approximate surface area is 108 Å². The number of hydrogen-bond acceptors (Lipinski definition) is 3. The molecule has 5 nitrogen and oxygen atoms in total. The fraction of sp³-hybridized carbons (Fsp3) is 0.846. The van der Waals surface area contributed by atoms with Crippen molar-refractivity contribution in [3.05, 3.63) is 0 Å². The van der Waals surface area contributed by atoms with Crippen LogP contribution in [0.3, 0.4) is 0 Å². The van der Waals surface area contributed by atoms with Crippen LogP contribution in [-0.4, -0.2) is 41.0 Å². The van der Waals surface area contributed by atoms with Gasteiger partial charge in [0.05, 0.1) is 11.5 Å². The van der Waals surface area contributed by atoms with E-state index in [2.05, 4.69) is 0 Å². The molecule has 0 bridgehead atoms. The van der Waals surface area contributed by atoms with Gasteiger partial charge in [-0.15, -0.1) is 0 Å². The second-order valence-corrected chi connectivity index (χ2v) is 5.97. The number of piperidine rings is 1. The molecule has 0 aromatic rings. The van der Waals surface area contributed by atoms with E-state index in [1.165, 1.54) is 0 Å². The van der Waals surface area contributed by atoms with Gasteiger partial charge in [-0.2, -0.15) is 0 Å². The first kappa shape index (κ1) is 15.0. The number of nitrogens with two attached hydrogens (primary N) is 1. The van der Waals surface area contributed by atoms with Crippen molar-refractivity contribution in [1.82, 2.24) is 4.90 Å². The normalized spacial score (nSPS) is 26.2. The Kier molecular flexibility index (Phi) is 4.73. The topological polar surface area (TPSA) is 83.6 Å². The molecule has 3 N–H and O–H groups in total. The molecule has 0 aromatic carbocycles. The summed E-state index contributed by atoms with van der Waals surface area (Å²) in [6.45, 7) is 6.62. The molecule has 18 heavy (non-hydrogen) atoms. The summed E-state index contributed by atoms with van der Waals surface area (Å²) in [6.07, 6.45) is 1.98. The second-order valence-electron chi connectivity index (χ2n) is 5.97. The number of carboxylic acid groups (broad SMARTS) is 1. The van der Waals surface area contributed by atoms with E-state index in [1.54, 1.807) is 11.8 Å². The van der Waals surface area contributed by atoms with Gasteiger partial charge in [-0.1, -0.05) is 13.8 Å². The molecule has 1 aliphatic rings.